The van der Waals surface area contributed by atoms with Gasteiger partial charge in [-0.25, -0.2) is 8.42 Å². The third-order valence-electron chi connectivity index (χ3n) is 4.95. The van der Waals surface area contributed by atoms with Crippen molar-refractivity contribution >= 4 is 27.7 Å². The van der Waals surface area contributed by atoms with E-state index in [1.165, 1.54) is 12.8 Å². The van der Waals surface area contributed by atoms with E-state index in [9.17, 15) is 13.2 Å². The number of aryl methyl sites for hydroxylation is 1. The molecule has 1 fully saturated rings. The number of amides is 1. The van der Waals surface area contributed by atoms with Crippen LogP contribution in [0.2, 0.25) is 0 Å². The lowest BCUT2D eigenvalue weighted by atomic mass is 10.2. The zero-order valence-electron chi connectivity index (χ0n) is 16.6. The predicted octanol–water partition coefficient (Wildman–Crippen LogP) is 1.99. The molecule has 1 amide bonds. The van der Waals surface area contributed by atoms with Crippen molar-refractivity contribution in [1.29, 1.82) is 0 Å². The Bertz CT molecular complexity index is 718. The molecule has 2 N–H and O–H groups in total. The molecule has 1 aromatic rings. The van der Waals surface area contributed by atoms with Gasteiger partial charge in [0.1, 0.15) is 6.04 Å². The summed E-state index contributed by atoms with van der Waals surface area (Å²) in [5, 5.41) is 2.92. The van der Waals surface area contributed by atoms with Crippen LogP contribution >= 0.6 is 11.8 Å². The standard InChI is InChI=1S/C19H31N3O3S2/c1-14-5-9-17(10-6-14)27(24,25)21-18(11-12-26-4)19(23)20-13-15(2)22(3)16-7-8-16/h5-6,9-10,15-16,18,21H,7-8,11-13H2,1-4H3,(H,20,23). The minimum absolute atomic E-state index is 0.178. The number of hydrogen-bond acceptors (Lipinski definition) is 5. The quantitative estimate of drug-likeness (QED) is 0.580. The van der Waals surface area contributed by atoms with E-state index in [0.29, 0.717) is 24.8 Å². The lowest BCUT2D eigenvalue weighted by Crippen LogP contribution is -2.50. The fourth-order valence-corrected chi connectivity index (χ4v) is 4.51. The molecule has 27 heavy (non-hydrogen) atoms. The van der Waals surface area contributed by atoms with Crippen LogP contribution in [0.15, 0.2) is 29.2 Å². The van der Waals surface area contributed by atoms with Gasteiger partial charge in [-0.15, -0.1) is 0 Å². The minimum atomic E-state index is -3.74. The van der Waals surface area contributed by atoms with Crippen molar-refractivity contribution in [2.24, 2.45) is 0 Å². The highest BCUT2D eigenvalue weighted by Crippen LogP contribution is 2.26. The van der Waals surface area contributed by atoms with Gasteiger partial charge < -0.3 is 5.32 Å². The van der Waals surface area contributed by atoms with Crippen LogP contribution in [0.4, 0.5) is 0 Å². The Morgan fingerprint density at radius 2 is 1.93 bits per heavy atom. The van der Waals surface area contributed by atoms with Crippen molar-refractivity contribution in [3.63, 3.8) is 0 Å². The van der Waals surface area contributed by atoms with Crippen molar-refractivity contribution in [3.05, 3.63) is 29.8 Å². The lowest BCUT2D eigenvalue weighted by molar-refractivity contribution is -0.123. The maximum absolute atomic E-state index is 12.7. The number of carbonyl (C=O) groups is 1. The average molecular weight is 414 g/mol. The average Bonchev–Trinajstić information content (AvgIpc) is 3.47. The molecule has 0 spiro atoms. The van der Waals surface area contributed by atoms with Crippen molar-refractivity contribution in [2.75, 3.05) is 25.6 Å². The van der Waals surface area contributed by atoms with Gasteiger partial charge in [0.15, 0.2) is 0 Å². The number of carbonyl (C=O) groups excluding carboxylic acids is 1. The van der Waals surface area contributed by atoms with Crippen molar-refractivity contribution in [1.82, 2.24) is 14.9 Å². The number of sulfonamides is 1. The van der Waals surface area contributed by atoms with Gasteiger partial charge >= 0.3 is 0 Å². The summed E-state index contributed by atoms with van der Waals surface area (Å²) < 4.78 is 27.9. The summed E-state index contributed by atoms with van der Waals surface area (Å²) in [4.78, 5) is 15.1. The van der Waals surface area contributed by atoms with Gasteiger partial charge in [0.2, 0.25) is 15.9 Å². The second-order valence-corrected chi connectivity index (χ2v) is 9.96. The third-order valence-corrected chi connectivity index (χ3v) is 7.08. The first kappa shape index (κ1) is 22.2. The molecule has 2 atom stereocenters. The van der Waals surface area contributed by atoms with E-state index < -0.39 is 16.1 Å². The molecule has 2 rings (SSSR count). The molecule has 1 aliphatic rings. The summed E-state index contributed by atoms with van der Waals surface area (Å²) in [6.07, 6.45) is 4.81. The van der Waals surface area contributed by atoms with Gasteiger partial charge in [-0.05, 0) is 64.3 Å². The van der Waals surface area contributed by atoms with Crippen LogP contribution in [-0.2, 0) is 14.8 Å². The first-order chi connectivity index (χ1) is 12.7. The molecular formula is C19H31N3O3S2. The molecule has 6 nitrogen and oxygen atoms in total. The monoisotopic (exact) mass is 413 g/mol. The first-order valence-corrected chi connectivity index (χ1v) is 12.2. The molecule has 2 unspecified atom stereocenters. The van der Waals surface area contributed by atoms with Crippen LogP contribution in [0.3, 0.4) is 0 Å². The zero-order chi connectivity index (χ0) is 20.0. The molecule has 8 heteroatoms. The maximum atomic E-state index is 12.7. The van der Waals surface area contributed by atoms with Gasteiger partial charge in [0, 0.05) is 18.6 Å². The Labute approximate surface area is 167 Å². The highest BCUT2D eigenvalue weighted by molar-refractivity contribution is 7.98. The van der Waals surface area contributed by atoms with E-state index >= 15 is 0 Å². The maximum Gasteiger partial charge on any atom is 0.241 e. The Hall–Kier alpha value is -1.09. The normalized spacial score (nSPS) is 16.9. The molecule has 0 heterocycles. The van der Waals surface area contributed by atoms with Crippen LogP contribution in [0.5, 0.6) is 0 Å². The number of thioether (sulfide) groups is 1. The van der Waals surface area contributed by atoms with Crippen LogP contribution in [0.1, 0.15) is 31.7 Å². The topological polar surface area (TPSA) is 78.5 Å². The summed E-state index contributed by atoms with van der Waals surface area (Å²) in [5.74, 6) is 0.433. The Morgan fingerprint density at radius 1 is 1.30 bits per heavy atom. The number of nitrogens with one attached hydrogen (secondary N) is 2. The van der Waals surface area contributed by atoms with E-state index in [1.807, 2.05) is 13.2 Å². The van der Waals surface area contributed by atoms with Gasteiger partial charge in [-0.2, -0.15) is 16.5 Å². The molecule has 1 aliphatic carbocycles. The van der Waals surface area contributed by atoms with Gasteiger partial charge in [0.25, 0.3) is 0 Å². The number of rotatable bonds is 11. The first-order valence-electron chi connectivity index (χ1n) is 9.32. The molecule has 0 radical (unpaired) electrons. The molecule has 152 valence electrons. The smallest absolute Gasteiger partial charge is 0.241 e. The Morgan fingerprint density at radius 3 is 2.48 bits per heavy atom. The van der Waals surface area contributed by atoms with E-state index in [0.717, 1.165) is 5.56 Å². The number of benzene rings is 1. The molecule has 1 aromatic carbocycles. The van der Waals surface area contributed by atoms with E-state index in [1.54, 1.807) is 36.0 Å². The molecule has 0 aromatic heterocycles. The summed E-state index contributed by atoms with van der Waals surface area (Å²) in [5.41, 5.74) is 0.986. The van der Waals surface area contributed by atoms with Crippen molar-refractivity contribution in [3.8, 4) is 0 Å². The zero-order valence-corrected chi connectivity index (χ0v) is 18.2. The molecule has 0 saturated heterocycles. The summed E-state index contributed by atoms with van der Waals surface area (Å²) >= 11 is 1.59. The van der Waals surface area contributed by atoms with Crippen LogP contribution in [-0.4, -0.2) is 63.0 Å². The van der Waals surface area contributed by atoms with E-state index in [-0.39, 0.29) is 16.8 Å². The second-order valence-electron chi connectivity index (χ2n) is 7.26. The fraction of sp³-hybridized carbons (Fsp3) is 0.632. The van der Waals surface area contributed by atoms with Gasteiger partial charge in [-0.1, -0.05) is 17.7 Å². The SMILES string of the molecule is CSCCC(NS(=O)(=O)c1ccc(C)cc1)C(=O)NCC(C)N(C)C1CC1. The summed E-state index contributed by atoms with van der Waals surface area (Å²) in [7, 11) is -1.67. The molecule has 1 saturated carbocycles. The number of hydrogen-bond donors (Lipinski definition) is 2. The molecular weight excluding hydrogens is 382 g/mol. The van der Waals surface area contributed by atoms with Crippen molar-refractivity contribution in [2.45, 2.75) is 56.1 Å². The number of likely N-dealkylation sites (N-methyl/N-ethyl adjacent to an activating group) is 1. The Kier molecular flexibility index (Phi) is 8.15. The highest BCUT2D eigenvalue weighted by atomic mass is 32.2. The van der Waals surface area contributed by atoms with Crippen LogP contribution in [0, 0.1) is 6.92 Å². The second kappa shape index (κ2) is 9.91. The third kappa shape index (κ3) is 6.78. The predicted molar refractivity (Wildman–Crippen MR) is 112 cm³/mol. The van der Waals surface area contributed by atoms with E-state index in [2.05, 4.69) is 28.9 Å². The molecule has 0 aliphatic heterocycles. The van der Waals surface area contributed by atoms with E-state index in [4.69, 9.17) is 0 Å². The number of nitrogens with zero attached hydrogens (tertiary/aromatic N) is 1. The highest BCUT2D eigenvalue weighted by Gasteiger charge is 2.30. The van der Waals surface area contributed by atoms with Gasteiger partial charge in [0.05, 0.1) is 4.90 Å². The van der Waals surface area contributed by atoms with Crippen molar-refractivity contribution < 1.29 is 13.2 Å². The molecule has 0 bridgehead atoms. The van der Waals surface area contributed by atoms with Crippen LogP contribution < -0.4 is 10.0 Å². The fourth-order valence-electron chi connectivity index (χ4n) is 2.81. The lowest BCUT2D eigenvalue weighted by Gasteiger charge is -2.26. The summed E-state index contributed by atoms with van der Waals surface area (Å²) in [6, 6.07) is 6.69. The van der Waals surface area contributed by atoms with Crippen LogP contribution in [0.25, 0.3) is 0 Å². The summed E-state index contributed by atoms with van der Waals surface area (Å²) in [6.45, 7) is 4.48. The van der Waals surface area contributed by atoms with Gasteiger partial charge in [-0.3, -0.25) is 9.69 Å². The Balaban J connectivity index is 1.99. The largest absolute Gasteiger partial charge is 0.353 e. The minimum Gasteiger partial charge on any atom is -0.353 e.